The minimum atomic E-state index is 0.582. The van der Waals surface area contributed by atoms with Gasteiger partial charge in [0.25, 0.3) is 0 Å². The predicted octanol–water partition coefficient (Wildman–Crippen LogP) is 2.57. The van der Waals surface area contributed by atoms with E-state index in [0.29, 0.717) is 5.54 Å². The Morgan fingerprint density at radius 3 is 2.75 bits per heavy atom. The molecule has 1 nitrogen and oxygen atoms in total. The number of hydrogen-bond donors (Lipinski definition) is 1. The topological polar surface area (TPSA) is 16.6 Å². The SMILES string of the molecule is C[C@H]1CC2(CCCC2)[NH2+]Cc2ccccc21. The second kappa shape index (κ2) is 3.89. The minimum Gasteiger partial charge on any atom is -0.338 e. The number of fused-ring (bicyclic) bond motifs is 1. The molecule has 3 rings (SSSR count). The van der Waals surface area contributed by atoms with Crippen LogP contribution in [0.2, 0.25) is 0 Å². The maximum Gasteiger partial charge on any atom is 0.102 e. The molecular formula is C15H22N+. The van der Waals surface area contributed by atoms with E-state index in [1.165, 1.54) is 38.6 Å². The molecule has 16 heavy (non-hydrogen) atoms. The van der Waals surface area contributed by atoms with Crippen LogP contribution in [-0.4, -0.2) is 5.54 Å². The highest BCUT2D eigenvalue weighted by atomic mass is 15.0. The molecule has 0 aromatic heterocycles. The zero-order chi connectivity index (χ0) is 11.0. The molecule has 1 heteroatoms. The number of hydrogen-bond acceptors (Lipinski definition) is 0. The van der Waals surface area contributed by atoms with Gasteiger partial charge in [0.2, 0.25) is 0 Å². The van der Waals surface area contributed by atoms with Gasteiger partial charge in [-0.25, -0.2) is 0 Å². The van der Waals surface area contributed by atoms with E-state index >= 15 is 0 Å². The molecule has 0 amide bonds. The summed E-state index contributed by atoms with van der Waals surface area (Å²) in [7, 11) is 0. The fourth-order valence-electron chi connectivity index (χ4n) is 3.82. The molecule has 1 fully saturated rings. The highest BCUT2D eigenvalue weighted by molar-refractivity contribution is 5.30. The Hall–Kier alpha value is -0.820. The maximum absolute atomic E-state index is 2.64. The van der Waals surface area contributed by atoms with Gasteiger partial charge in [-0.15, -0.1) is 0 Å². The summed E-state index contributed by atoms with van der Waals surface area (Å²) < 4.78 is 0. The van der Waals surface area contributed by atoms with Crippen molar-refractivity contribution in [3.63, 3.8) is 0 Å². The van der Waals surface area contributed by atoms with E-state index < -0.39 is 0 Å². The molecule has 1 spiro atoms. The third kappa shape index (κ3) is 1.67. The number of quaternary nitrogens is 1. The predicted molar refractivity (Wildman–Crippen MR) is 66.3 cm³/mol. The van der Waals surface area contributed by atoms with Crippen LogP contribution in [0.4, 0.5) is 0 Å². The van der Waals surface area contributed by atoms with Crippen LogP contribution in [0, 0.1) is 0 Å². The molecule has 2 aliphatic rings. The van der Waals surface area contributed by atoms with E-state index in [9.17, 15) is 0 Å². The Balaban J connectivity index is 1.92. The van der Waals surface area contributed by atoms with Crippen LogP contribution in [0.15, 0.2) is 24.3 Å². The summed E-state index contributed by atoms with van der Waals surface area (Å²) in [6.45, 7) is 3.61. The van der Waals surface area contributed by atoms with Gasteiger partial charge in [0.1, 0.15) is 6.54 Å². The fraction of sp³-hybridized carbons (Fsp3) is 0.600. The van der Waals surface area contributed by atoms with Gasteiger partial charge in [-0.1, -0.05) is 31.2 Å². The van der Waals surface area contributed by atoms with Crippen molar-refractivity contribution in [1.29, 1.82) is 0 Å². The lowest BCUT2D eigenvalue weighted by atomic mass is 9.84. The summed E-state index contributed by atoms with van der Waals surface area (Å²) in [5.41, 5.74) is 3.75. The fourth-order valence-corrected chi connectivity index (χ4v) is 3.82. The largest absolute Gasteiger partial charge is 0.338 e. The first-order valence-electron chi connectivity index (χ1n) is 6.71. The molecule has 1 heterocycles. The summed E-state index contributed by atoms with van der Waals surface area (Å²) in [6.07, 6.45) is 7.14. The first-order valence-corrected chi connectivity index (χ1v) is 6.71. The van der Waals surface area contributed by atoms with E-state index in [4.69, 9.17) is 0 Å². The van der Waals surface area contributed by atoms with E-state index in [1.807, 2.05) is 0 Å². The van der Waals surface area contributed by atoms with E-state index in [1.54, 1.807) is 11.1 Å². The molecule has 2 N–H and O–H groups in total. The van der Waals surface area contributed by atoms with Gasteiger partial charge < -0.3 is 5.32 Å². The second-order valence-electron chi connectivity index (χ2n) is 5.78. The number of rotatable bonds is 0. The third-order valence-electron chi connectivity index (χ3n) is 4.65. The van der Waals surface area contributed by atoms with Crippen molar-refractivity contribution >= 4 is 0 Å². The highest BCUT2D eigenvalue weighted by Gasteiger charge is 2.40. The Morgan fingerprint density at radius 1 is 1.19 bits per heavy atom. The zero-order valence-corrected chi connectivity index (χ0v) is 10.2. The summed E-state index contributed by atoms with van der Waals surface area (Å²) in [6, 6.07) is 9.03. The zero-order valence-electron chi connectivity index (χ0n) is 10.2. The monoisotopic (exact) mass is 216 g/mol. The molecule has 1 aromatic carbocycles. The van der Waals surface area contributed by atoms with Crippen molar-refractivity contribution in [2.75, 3.05) is 0 Å². The summed E-state index contributed by atoms with van der Waals surface area (Å²) >= 11 is 0. The molecule has 1 atom stereocenters. The van der Waals surface area contributed by atoms with Gasteiger partial charge in [0.05, 0.1) is 5.54 Å². The molecule has 1 aliphatic heterocycles. The average molecular weight is 216 g/mol. The number of benzene rings is 1. The van der Waals surface area contributed by atoms with Crippen LogP contribution in [0.1, 0.15) is 56.1 Å². The van der Waals surface area contributed by atoms with Crippen molar-refractivity contribution in [3.8, 4) is 0 Å². The summed E-state index contributed by atoms with van der Waals surface area (Å²) in [5, 5.41) is 2.64. The Labute approximate surface area is 98.3 Å². The minimum absolute atomic E-state index is 0.582. The van der Waals surface area contributed by atoms with Gasteiger partial charge in [0.15, 0.2) is 0 Å². The first-order chi connectivity index (χ1) is 7.79. The maximum atomic E-state index is 2.64. The van der Waals surface area contributed by atoms with Gasteiger partial charge in [-0.05, 0) is 24.3 Å². The molecule has 1 aliphatic carbocycles. The van der Waals surface area contributed by atoms with Gasteiger partial charge in [-0.3, -0.25) is 0 Å². The Morgan fingerprint density at radius 2 is 1.94 bits per heavy atom. The van der Waals surface area contributed by atoms with Crippen molar-refractivity contribution in [3.05, 3.63) is 35.4 Å². The van der Waals surface area contributed by atoms with Gasteiger partial charge >= 0.3 is 0 Å². The van der Waals surface area contributed by atoms with Crippen LogP contribution in [0.5, 0.6) is 0 Å². The highest BCUT2D eigenvalue weighted by Crippen LogP contribution is 2.37. The van der Waals surface area contributed by atoms with Crippen LogP contribution >= 0.6 is 0 Å². The standard InChI is InChI=1S/C15H21N/c1-12-10-15(8-4-5-9-15)16-11-13-6-2-3-7-14(12)13/h2-3,6-7,12,16H,4-5,8-11H2,1H3/p+1/t12-/m0/s1. The van der Waals surface area contributed by atoms with Crippen LogP contribution < -0.4 is 5.32 Å². The van der Waals surface area contributed by atoms with Crippen molar-refractivity contribution in [2.45, 2.75) is 57.0 Å². The normalized spacial score (nSPS) is 27.7. The molecule has 1 aromatic rings. The Kier molecular flexibility index (Phi) is 2.51. The molecule has 86 valence electrons. The molecule has 0 saturated heterocycles. The van der Waals surface area contributed by atoms with Crippen molar-refractivity contribution in [2.24, 2.45) is 0 Å². The smallest absolute Gasteiger partial charge is 0.102 e. The van der Waals surface area contributed by atoms with E-state index in [2.05, 4.69) is 36.5 Å². The lowest BCUT2D eigenvalue weighted by Crippen LogP contribution is -2.94. The lowest BCUT2D eigenvalue weighted by Gasteiger charge is -2.26. The first kappa shape index (κ1) is 10.3. The average Bonchev–Trinajstić information content (AvgIpc) is 2.70. The third-order valence-corrected chi connectivity index (χ3v) is 4.65. The molecule has 1 saturated carbocycles. The molecule has 0 radical (unpaired) electrons. The summed E-state index contributed by atoms with van der Waals surface area (Å²) in [4.78, 5) is 0. The van der Waals surface area contributed by atoms with Crippen LogP contribution in [-0.2, 0) is 6.54 Å². The van der Waals surface area contributed by atoms with Crippen LogP contribution in [0.25, 0.3) is 0 Å². The molecular weight excluding hydrogens is 194 g/mol. The second-order valence-corrected chi connectivity index (χ2v) is 5.78. The Bertz CT molecular complexity index is 377. The van der Waals surface area contributed by atoms with Crippen molar-refractivity contribution < 1.29 is 5.32 Å². The van der Waals surface area contributed by atoms with E-state index in [-0.39, 0.29) is 0 Å². The lowest BCUT2D eigenvalue weighted by molar-refractivity contribution is -0.740. The summed E-state index contributed by atoms with van der Waals surface area (Å²) in [5.74, 6) is 0.744. The molecule has 0 bridgehead atoms. The van der Waals surface area contributed by atoms with Gasteiger partial charge in [-0.2, -0.15) is 0 Å². The number of nitrogens with two attached hydrogens (primary N) is 1. The molecule has 0 unspecified atom stereocenters. The van der Waals surface area contributed by atoms with Crippen LogP contribution in [0.3, 0.4) is 0 Å². The van der Waals surface area contributed by atoms with Crippen molar-refractivity contribution in [1.82, 2.24) is 0 Å². The quantitative estimate of drug-likeness (QED) is 0.686. The van der Waals surface area contributed by atoms with Gasteiger partial charge in [0, 0.05) is 24.8 Å². The van der Waals surface area contributed by atoms with E-state index in [0.717, 1.165) is 5.92 Å².